The smallest absolute Gasteiger partial charge is 0.136 e. The molecule has 3 aromatic rings. The van der Waals surface area contributed by atoms with Crippen molar-refractivity contribution in [3.8, 4) is 5.75 Å². The van der Waals surface area contributed by atoms with Crippen molar-refractivity contribution < 1.29 is 4.74 Å². The van der Waals surface area contributed by atoms with Crippen molar-refractivity contribution in [2.75, 3.05) is 10.6 Å². The number of nitrogens with one attached hydrogen (secondary N) is 2. The van der Waals surface area contributed by atoms with Crippen LogP contribution in [0.15, 0.2) is 54.6 Å². The lowest BCUT2D eigenvalue weighted by Crippen LogP contribution is -2.06. The molecule has 0 amide bonds. The number of aromatic nitrogens is 2. The summed E-state index contributed by atoms with van der Waals surface area (Å²) in [6.07, 6.45) is 0.162. The Balaban J connectivity index is 1.67. The number of aryl methyl sites for hydroxylation is 2. The van der Waals surface area contributed by atoms with Crippen LogP contribution in [0, 0.1) is 13.8 Å². The zero-order chi connectivity index (χ0) is 19.2. The average molecular weight is 362 g/mol. The van der Waals surface area contributed by atoms with Gasteiger partial charge in [-0.3, -0.25) is 0 Å². The highest BCUT2D eigenvalue weighted by Gasteiger charge is 2.04. The molecule has 0 unspecified atom stereocenters. The zero-order valence-corrected chi connectivity index (χ0v) is 16.3. The SMILES string of the molecule is Cc1cccc(CNc2cc(Nc3ccc(OC(C)C)cc3)nc(C)n2)c1. The number of anilines is 3. The molecule has 0 aliphatic heterocycles. The van der Waals surface area contributed by atoms with Crippen molar-refractivity contribution in [3.63, 3.8) is 0 Å². The fourth-order valence-corrected chi connectivity index (χ4v) is 2.77. The standard InChI is InChI=1S/C22H26N4O/c1-15(2)27-20-10-8-19(9-11-20)26-22-13-21(24-17(4)25-22)23-14-18-7-5-6-16(3)12-18/h5-13,15H,14H2,1-4H3,(H2,23,24,25,26). The van der Waals surface area contributed by atoms with Crippen LogP contribution in [-0.4, -0.2) is 16.1 Å². The van der Waals surface area contributed by atoms with E-state index < -0.39 is 0 Å². The van der Waals surface area contributed by atoms with Crippen LogP contribution in [0.1, 0.15) is 30.8 Å². The second-order valence-electron chi connectivity index (χ2n) is 6.84. The van der Waals surface area contributed by atoms with Gasteiger partial charge >= 0.3 is 0 Å². The summed E-state index contributed by atoms with van der Waals surface area (Å²) in [5, 5.41) is 6.70. The van der Waals surface area contributed by atoms with Crippen LogP contribution in [0.25, 0.3) is 0 Å². The van der Waals surface area contributed by atoms with Gasteiger partial charge in [-0.25, -0.2) is 9.97 Å². The summed E-state index contributed by atoms with van der Waals surface area (Å²) in [5.41, 5.74) is 3.43. The molecule has 0 saturated carbocycles. The van der Waals surface area contributed by atoms with Crippen LogP contribution in [0.4, 0.5) is 17.3 Å². The minimum absolute atomic E-state index is 0.162. The van der Waals surface area contributed by atoms with E-state index >= 15 is 0 Å². The summed E-state index contributed by atoms with van der Waals surface area (Å²) in [4.78, 5) is 8.95. The normalized spacial score (nSPS) is 10.7. The van der Waals surface area contributed by atoms with Crippen molar-refractivity contribution in [1.82, 2.24) is 9.97 Å². The summed E-state index contributed by atoms with van der Waals surface area (Å²) in [6, 6.07) is 18.2. The molecular formula is C22H26N4O. The lowest BCUT2D eigenvalue weighted by molar-refractivity contribution is 0.242. The van der Waals surface area contributed by atoms with Gasteiger partial charge in [0.25, 0.3) is 0 Å². The van der Waals surface area contributed by atoms with Crippen molar-refractivity contribution in [1.29, 1.82) is 0 Å². The number of hydrogen-bond acceptors (Lipinski definition) is 5. The molecule has 1 aromatic heterocycles. The number of benzene rings is 2. The van der Waals surface area contributed by atoms with E-state index in [0.717, 1.165) is 29.6 Å². The molecule has 5 heteroatoms. The Morgan fingerprint density at radius 2 is 1.67 bits per heavy atom. The minimum Gasteiger partial charge on any atom is -0.491 e. The number of ether oxygens (including phenoxy) is 1. The second kappa shape index (κ2) is 8.54. The molecule has 1 heterocycles. The van der Waals surface area contributed by atoms with Gasteiger partial charge in [-0.15, -0.1) is 0 Å². The van der Waals surface area contributed by atoms with Crippen LogP contribution in [0.3, 0.4) is 0 Å². The van der Waals surface area contributed by atoms with Gasteiger partial charge < -0.3 is 15.4 Å². The van der Waals surface area contributed by atoms with Crippen LogP contribution >= 0.6 is 0 Å². The molecule has 0 fully saturated rings. The summed E-state index contributed by atoms with van der Waals surface area (Å²) in [5.74, 6) is 3.12. The van der Waals surface area contributed by atoms with E-state index in [-0.39, 0.29) is 6.10 Å². The van der Waals surface area contributed by atoms with Crippen molar-refractivity contribution in [2.24, 2.45) is 0 Å². The Labute approximate surface area is 160 Å². The van der Waals surface area contributed by atoms with E-state index in [1.165, 1.54) is 11.1 Å². The Morgan fingerprint density at radius 1 is 0.926 bits per heavy atom. The summed E-state index contributed by atoms with van der Waals surface area (Å²) in [7, 11) is 0. The first-order valence-electron chi connectivity index (χ1n) is 9.17. The van der Waals surface area contributed by atoms with Crippen molar-refractivity contribution in [3.05, 3.63) is 71.5 Å². The Bertz CT molecular complexity index is 891. The van der Waals surface area contributed by atoms with Gasteiger partial charge in [0, 0.05) is 18.3 Å². The van der Waals surface area contributed by atoms with E-state index in [9.17, 15) is 0 Å². The number of hydrogen-bond donors (Lipinski definition) is 2. The molecule has 0 aliphatic rings. The van der Waals surface area contributed by atoms with Crippen molar-refractivity contribution >= 4 is 17.3 Å². The largest absolute Gasteiger partial charge is 0.491 e. The third-order valence-corrected chi connectivity index (χ3v) is 3.89. The summed E-state index contributed by atoms with van der Waals surface area (Å²) < 4.78 is 5.68. The third-order valence-electron chi connectivity index (χ3n) is 3.89. The molecule has 5 nitrogen and oxygen atoms in total. The van der Waals surface area contributed by atoms with E-state index in [1.807, 2.05) is 51.1 Å². The molecule has 140 valence electrons. The predicted molar refractivity (Wildman–Crippen MR) is 111 cm³/mol. The Kier molecular flexibility index (Phi) is 5.91. The number of nitrogens with zero attached hydrogens (tertiary/aromatic N) is 2. The molecule has 0 spiro atoms. The second-order valence-corrected chi connectivity index (χ2v) is 6.84. The molecule has 0 atom stereocenters. The van der Waals surface area contributed by atoms with Gasteiger partial charge in [0.05, 0.1) is 6.10 Å². The maximum absolute atomic E-state index is 5.68. The number of rotatable bonds is 7. The van der Waals surface area contributed by atoms with Gasteiger partial charge in [0.1, 0.15) is 23.2 Å². The fraction of sp³-hybridized carbons (Fsp3) is 0.273. The zero-order valence-electron chi connectivity index (χ0n) is 16.3. The molecule has 2 aromatic carbocycles. The highest BCUT2D eigenvalue weighted by molar-refractivity contribution is 5.60. The Hall–Kier alpha value is -3.08. The molecule has 0 bridgehead atoms. The van der Waals surface area contributed by atoms with Gasteiger partial charge in [-0.05, 0) is 57.5 Å². The highest BCUT2D eigenvalue weighted by Crippen LogP contribution is 2.21. The van der Waals surface area contributed by atoms with Gasteiger partial charge in [0.2, 0.25) is 0 Å². The van der Waals surface area contributed by atoms with Crippen LogP contribution in [0.2, 0.25) is 0 Å². The van der Waals surface area contributed by atoms with Gasteiger partial charge in [-0.2, -0.15) is 0 Å². The molecule has 0 saturated heterocycles. The van der Waals surface area contributed by atoms with Crippen molar-refractivity contribution in [2.45, 2.75) is 40.3 Å². The molecule has 3 rings (SSSR count). The molecule has 0 aliphatic carbocycles. The molecule has 2 N–H and O–H groups in total. The van der Waals surface area contributed by atoms with E-state index in [4.69, 9.17) is 4.74 Å². The minimum atomic E-state index is 0.162. The summed E-state index contributed by atoms with van der Waals surface area (Å²) in [6.45, 7) is 8.74. The quantitative estimate of drug-likeness (QED) is 0.602. The van der Waals surface area contributed by atoms with Gasteiger partial charge in [0.15, 0.2) is 0 Å². The topological polar surface area (TPSA) is 59.1 Å². The molecule has 27 heavy (non-hydrogen) atoms. The molecular weight excluding hydrogens is 336 g/mol. The first kappa shape index (κ1) is 18.7. The van der Waals surface area contributed by atoms with E-state index in [1.54, 1.807) is 0 Å². The maximum atomic E-state index is 5.68. The third kappa shape index (κ3) is 5.71. The summed E-state index contributed by atoms with van der Waals surface area (Å²) >= 11 is 0. The fourth-order valence-electron chi connectivity index (χ4n) is 2.77. The van der Waals surface area contributed by atoms with Crippen LogP contribution < -0.4 is 15.4 Å². The lowest BCUT2D eigenvalue weighted by Gasteiger charge is -2.12. The lowest BCUT2D eigenvalue weighted by atomic mass is 10.1. The van der Waals surface area contributed by atoms with E-state index in [2.05, 4.69) is 51.8 Å². The first-order chi connectivity index (χ1) is 13.0. The highest BCUT2D eigenvalue weighted by atomic mass is 16.5. The van der Waals surface area contributed by atoms with E-state index in [0.29, 0.717) is 5.82 Å². The monoisotopic (exact) mass is 362 g/mol. The van der Waals surface area contributed by atoms with Gasteiger partial charge in [-0.1, -0.05) is 29.8 Å². The van der Waals surface area contributed by atoms with Crippen LogP contribution in [-0.2, 0) is 6.54 Å². The average Bonchev–Trinajstić information content (AvgIpc) is 2.61. The Morgan fingerprint density at radius 3 is 2.37 bits per heavy atom. The first-order valence-corrected chi connectivity index (χ1v) is 9.17. The predicted octanol–water partition coefficient (Wildman–Crippen LogP) is 5.24. The van der Waals surface area contributed by atoms with Crippen LogP contribution in [0.5, 0.6) is 5.75 Å². The molecule has 0 radical (unpaired) electrons. The maximum Gasteiger partial charge on any atom is 0.136 e.